The number of imidazole rings is 1. The van der Waals surface area contributed by atoms with E-state index < -0.39 is 8.32 Å². The van der Waals surface area contributed by atoms with Gasteiger partial charge in [0, 0.05) is 16.8 Å². The number of aromatic amines is 1. The maximum Gasteiger partial charge on any atom is 0.242 e. The molecule has 2 aromatic carbocycles. The lowest BCUT2D eigenvalue weighted by Gasteiger charge is -2.21. The van der Waals surface area contributed by atoms with Gasteiger partial charge in [0.2, 0.25) is 8.32 Å². The summed E-state index contributed by atoms with van der Waals surface area (Å²) < 4.78 is 6.18. The molecule has 1 N–H and O–H groups in total. The fourth-order valence-electron chi connectivity index (χ4n) is 2.61. The van der Waals surface area contributed by atoms with E-state index in [1.807, 2.05) is 37.3 Å². The van der Waals surface area contributed by atoms with Crippen LogP contribution in [0, 0.1) is 0 Å². The lowest BCUT2D eigenvalue weighted by atomic mass is 10.1. The number of nitrogens with one attached hydrogen (secondary N) is 1. The highest BCUT2D eigenvalue weighted by Crippen LogP contribution is 2.23. The van der Waals surface area contributed by atoms with Crippen LogP contribution in [0.4, 0.5) is 0 Å². The number of rotatable bonds is 5. The number of aliphatic imine (C=N–C) groups is 1. The van der Waals surface area contributed by atoms with Gasteiger partial charge in [-0.3, -0.25) is 4.99 Å². The van der Waals surface area contributed by atoms with Crippen LogP contribution in [0.3, 0.4) is 0 Å². The molecule has 0 saturated heterocycles. The number of hydrogen-bond acceptors (Lipinski definition) is 3. The van der Waals surface area contributed by atoms with Gasteiger partial charge in [-0.05, 0) is 38.7 Å². The molecule has 4 nitrogen and oxygen atoms in total. The van der Waals surface area contributed by atoms with E-state index in [-0.39, 0.29) is 0 Å². The van der Waals surface area contributed by atoms with E-state index in [0.29, 0.717) is 6.54 Å². The monoisotopic (exact) mass is 337 g/mol. The Labute approximate surface area is 143 Å². The first-order chi connectivity index (χ1) is 11.4. The molecule has 0 spiro atoms. The SMILES string of the molecule is CC(=NCc1ccccc1O[Si](C)(C)C)c1cccc2[nH]cnc12. The quantitative estimate of drug-likeness (QED) is 0.538. The average Bonchev–Trinajstić information content (AvgIpc) is 3.00. The third-order valence-electron chi connectivity index (χ3n) is 3.71. The van der Waals surface area contributed by atoms with Gasteiger partial charge in [-0.15, -0.1) is 0 Å². The second kappa shape index (κ2) is 6.61. The third kappa shape index (κ3) is 3.74. The Morgan fingerprint density at radius 2 is 1.92 bits per heavy atom. The van der Waals surface area contributed by atoms with Gasteiger partial charge in [0.15, 0.2) is 0 Å². The summed E-state index contributed by atoms with van der Waals surface area (Å²) in [6, 6.07) is 14.3. The van der Waals surface area contributed by atoms with Crippen molar-refractivity contribution >= 4 is 25.1 Å². The maximum absolute atomic E-state index is 6.18. The molecule has 0 aliphatic rings. The number of benzene rings is 2. The van der Waals surface area contributed by atoms with Crippen molar-refractivity contribution in [3.63, 3.8) is 0 Å². The van der Waals surface area contributed by atoms with Crippen molar-refractivity contribution in [2.75, 3.05) is 0 Å². The molecule has 0 bridgehead atoms. The van der Waals surface area contributed by atoms with E-state index in [1.165, 1.54) is 0 Å². The number of fused-ring (bicyclic) bond motifs is 1. The number of nitrogens with zero attached hydrogens (tertiary/aromatic N) is 2. The van der Waals surface area contributed by atoms with E-state index in [1.54, 1.807) is 6.33 Å². The molecular formula is C19H23N3OSi. The minimum absolute atomic E-state index is 0.604. The van der Waals surface area contributed by atoms with Crippen LogP contribution in [0.1, 0.15) is 18.1 Å². The molecule has 0 saturated carbocycles. The largest absolute Gasteiger partial charge is 0.544 e. The zero-order valence-electron chi connectivity index (χ0n) is 14.6. The van der Waals surface area contributed by atoms with Crippen LogP contribution in [0.25, 0.3) is 11.0 Å². The molecule has 0 unspecified atom stereocenters. The van der Waals surface area contributed by atoms with Crippen molar-refractivity contribution in [1.29, 1.82) is 0 Å². The zero-order chi connectivity index (χ0) is 17.2. The lowest BCUT2D eigenvalue weighted by molar-refractivity contribution is 0.549. The molecule has 0 aliphatic carbocycles. The second-order valence-corrected chi connectivity index (χ2v) is 11.3. The summed E-state index contributed by atoms with van der Waals surface area (Å²) in [5.41, 5.74) is 5.16. The number of aromatic nitrogens is 2. The maximum atomic E-state index is 6.18. The van der Waals surface area contributed by atoms with Crippen molar-refractivity contribution < 1.29 is 4.43 Å². The molecule has 0 amide bonds. The van der Waals surface area contributed by atoms with Gasteiger partial charge >= 0.3 is 0 Å². The first kappa shape index (κ1) is 16.5. The van der Waals surface area contributed by atoms with Gasteiger partial charge in [-0.2, -0.15) is 0 Å². The van der Waals surface area contributed by atoms with Crippen LogP contribution in [0.2, 0.25) is 19.6 Å². The summed E-state index contributed by atoms with van der Waals surface area (Å²) in [7, 11) is -1.64. The zero-order valence-corrected chi connectivity index (χ0v) is 15.6. The summed E-state index contributed by atoms with van der Waals surface area (Å²) in [4.78, 5) is 12.3. The Bertz CT molecular complexity index is 877. The molecule has 0 fully saturated rings. The van der Waals surface area contributed by atoms with Crippen LogP contribution >= 0.6 is 0 Å². The first-order valence-corrected chi connectivity index (χ1v) is 11.6. The summed E-state index contributed by atoms with van der Waals surface area (Å²) in [5, 5.41) is 0. The molecule has 124 valence electrons. The Morgan fingerprint density at radius 1 is 1.12 bits per heavy atom. The summed E-state index contributed by atoms with van der Waals surface area (Å²) in [6.45, 7) is 9.21. The number of H-pyrrole nitrogens is 1. The third-order valence-corrected chi connectivity index (χ3v) is 4.55. The van der Waals surface area contributed by atoms with Crippen molar-refractivity contribution in [2.45, 2.75) is 33.1 Å². The van der Waals surface area contributed by atoms with E-state index in [4.69, 9.17) is 9.42 Å². The highest BCUT2D eigenvalue weighted by molar-refractivity contribution is 6.70. The molecule has 1 aromatic heterocycles. The topological polar surface area (TPSA) is 50.3 Å². The fraction of sp³-hybridized carbons (Fsp3) is 0.263. The van der Waals surface area contributed by atoms with Crippen molar-refractivity contribution in [3.8, 4) is 5.75 Å². The number of para-hydroxylation sites is 2. The van der Waals surface area contributed by atoms with Gasteiger partial charge in [0.25, 0.3) is 0 Å². The van der Waals surface area contributed by atoms with Crippen LogP contribution in [0.5, 0.6) is 5.75 Å². The Morgan fingerprint density at radius 3 is 2.71 bits per heavy atom. The van der Waals surface area contributed by atoms with Gasteiger partial charge in [0.05, 0.1) is 23.9 Å². The molecule has 0 aliphatic heterocycles. The van der Waals surface area contributed by atoms with E-state index in [0.717, 1.165) is 33.6 Å². The smallest absolute Gasteiger partial charge is 0.242 e. The predicted molar refractivity (Wildman–Crippen MR) is 102 cm³/mol. The van der Waals surface area contributed by atoms with Crippen LogP contribution in [-0.2, 0) is 6.54 Å². The first-order valence-electron chi connectivity index (χ1n) is 8.14. The normalized spacial score (nSPS) is 12.6. The highest BCUT2D eigenvalue weighted by atomic mass is 28.4. The Kier molecular flexibility index (Phi) is 4.53. The molecule has 3 rings (SSSR count). The lowest BCUT2D eigenvalue weighted by Crippen LogP contribution is -2.29. The highest BCUT2D eigenvalue weighted by Gasteiger charge is 2.17. The fourth-order valence-corrected chi connectivity index (χ4v) is 3.47. The van der Waals surface area contributed by atoms with Crippen molar-refractivity contribution in [2.24, 2.45) is 4.99 Å². The van der Waals surface area contributed by atoms with Gasteiger partial charge in [0.1, 0.15) is 5.75 Å². The minimum Gasteiger partial charge on any atom is -0.544 e. The Hall–Kier alpha value is -2.40. The second-order valence-electron chi connectivity index (χ2n) is 6.83. The molecule has 1 heterocycles. The Balaban J connectivity index is 1.87. The van der Waals surface area contributed by atoms with Gasteiger partial charge in [-0.25, -0.2) is 4.98 Å². The predicted octanol–water partition coefficient (Wildman–Crippen LogP) is 4.79. The van der Waals surface area contributed by atoms with Gasteiger partial charge < -0.3 is 9.41 Å². The van der Waals surface area contributed by atoms with E-state index in [2.05, 4.69) is 41.7 Å². The van der Waals surface area contributed by atoms with E-state index >= 15 is 0 Å². The standard InChI is InChI=1S/C19H23N3OSi/c1-14(16-9-7-10-17-19(16)22-13-21-17)20-12-15-8-5-6-11-18(15)23-24(2,3)4/h5-11,13H,12H2,1-4H3,(H,21,22). The van der Waals surface area contributed by atoms with E-state index in [9.17, 15) is 0 Å². The summed E-state index contributed by atoms with van der Waals surface area (Å²) in [6.07, 6.45) is 1.72. The minimum atomic E-state index is -1.64. The molecule has 5 heteroatoms. The number of hydrogen-bond donors (Lipinski definition) is 1. The van der Waals surface area contributed by atoms with Crippen LogP contribution in [-0.4, -0.2) is 24.0 Å². The van der Waals surface area contributed by atoms with Crippen molar-refractivity contribution in [1.82, 2.24) is 9.97 Å². The molecule has 0 radical (unpaired) electrons. The average molecular weight is 337 g/mol. The van der Waals surface area contributed by atoms with Crippen LogP contribution in [0.15, 0.2) is 53.8 Å². The molecule has 3 aromatic rings. The molecule has 0 atom stereocenters. The summed E-state index contributed by atoms with van der Waals surface area (Å²) in [5.74, 6) is 0.950. The summed E-state index contributed by atoms with van der Waals surface area (Å²) >= 11 is 0. The van der Waals surface area contributed by atoms with Gasteiger partial charge in [-0.1, -0.05) is 30.3 Å². The molecule has 24 heavy (non-hydrogen) atoms. The van der Waals surface area contributed by atoms with Crippen molar-refractivity contribution in [3.05, 3.63) is 59.9 Å². The van der Waals surface area contributed by atoms with Crippen LogP contribution < -0.4 is 4.43 Å². The molecular weight excluding hydrogens is 314 g/mol.